The molecular formula is C18H16F2N4O3. The number of methoxy groups -OCH3 is 1. The van der Waals surface area contributed by atoms with Crippen molar-refractivity contribution in [3.8, 4) is 11.5 Å². The summed E-state index contributed by atoms with van der Waals surface area (Å²) in [5.74, 6) is -2.15. The molecular weight excluding hydrogens is 358 g/mol. The molecule has 9 heteroatoms. The SMILES string of the molecule is COC(=O)CCNC(=O)c1cnn(-c2cc(F)cc(F)c2)c1-n1cccc1. The van der Waals surface area contributed by atoms with Gasteiger partial charge in [-0.15, -0.1) is 0 Å². The van der Waals surface area contributed by atoms with E-state index in [0.29, 0.717) is 5.82 Å². The van der Waals surface area contributed by atoms with E-state index in [0.717, 1.165) is 18.2 Å². The minimum atomic E-state index is -0.761. The maximum atomic E-state index is 13.6. The Labute approximate surface area is 153 Å². The normalized spacial score (nSPS) is 10.6. The van der Waals surface area contributed by atoms with E-state index in [1.165, 1.54) is 18.0 Å². The zero-order chi connectivity index (χ0) is 19.4. The van der Waals surface area contributed by atoms with Gasteiger partial charge in [-0.3, -0.25) is 9.59 Å². The number of carbonyl (C=O) groups excluding carboxylic acids is 2. The van der Waals surface area contributed by atoms with Crippen molar-refractivity contribution in [2.75, 3.05) is 13.7 Å². The van der Waals surface area contributed by atoms with Crippen LogP contribution < -0.4 is 5.32 Å². The quantitative estimate of drug-likeness (QED) is 0.671. The average molecular weight is 374 g/mol. The lowest BCUT2D eigenvalue weighted by Gasteiger charge is -2.11. The van der Waals surface area contributed by atoms with E-state index in [-0.39, 0.29) is 24.2 Å². The topological polar surface area (TPSA) is 78.2 Å². The van der Waals surface area contributed by atoms with Crippen molar-refractivity contribution in [1.29, 1.82) is 0 Å². The Morgan fingerprint density at radius 3 is 2.44 bits per heavy atom. The number of rotatable bonds is 6. The first-order valence-electron chi connectivity index (χ1n) is 8.02. The monoisotopic (exact) mass is 374 g/mol. The molecule has 0 spiro atoms. The van der Waals surface area contributed by atoms with Gasteiger partial charge in [0.15, 0.2) is 5.82 Å². The molecule has 27 heavy (non-hydrogen) atoms. The number of benzene rings is 1. The van der Waals surface area contributed by atoms with E-state index in [1.807, 2.05) is 0 Å². The van der Waals surface area contributed by atoms with Gasteiger partial charge in [0.2, 0.25) is 0 Å². The molecule has 1 N–H and O–H groups in total. The fourth-order valence-electron chi connectivity index (χ4n) is 2.55. The van der Waals surface area contributed by atoms with Crippen LogP contribution in [0.4, 0.5) is 8.78 Å². The average Bonchev–Trinajstić information content (AvgIpc) is 3.29. The van der Waals surface area contributed by atoms with Crippen molar-refractivity contribution in [3.05, 3.63) is 66.1 Å². The summed E-state index contributed by atoms with van der Waals surface area (Å²) in [6.45, 7) is 0.0798. The van der Waals surface area contributed by atoms with E-state index in [2.05, 4.69) is 15.2 Å². The van der Waals surface area contributed by atoms with Crippen molar-refractivity contribution in [3.63, 3.8) is 0 Å². The zero-order valence-electron chi connectivity index (χ0n) is 14.4. The number of hydrogen-bond donors (Lipinski definition) is 1. The van der Waals surface area contributed by atoms with Crippen LogP contribution in [0.15, 0.2) is 48.9 Å². The maximum absolute atomic E-state index is 13.6. The van der Waals surface area contributed by atoms with Crippen molar-refractivity contribution >= 4 is 11.9 Å². The first-order chi connectivity index (χ1) is 13.0. The van der Waals surface area contributed by atoms with Crippen LogP contribution in [-0.2, 0) is 9.53 Å². The number of hydrogen-bond acceptors (Lipinski definition) is 4. The highest BCUT2D eigenvalue weighted by Gasteiger charge is 2.20. The Hall–Kier alpha value is -3.49. The van der Waals surface area contributed by atoms with Crippen LogP contribution in [0.5, 0.6) is 0 Å². The summed E-state index contributed by atoms with van der Waals surface area (Å²) in [6.07, 6.45) is 4.67. The molecule has 3 rings (SSSR count). The maximum Gasteiger partial charge on any atom is 0.307 e. The lowest BCUT2D eigenvalue weighted by atomic mass is 10.2. The number of ether oxygens (including phenoxy) is 1. The lowest BCUT2D eigenvalue weighted by Crippen LogP contribution is -2.27. The predicted octanol–water partition coefficient (Wildman–Crippen LogP) is 2.23. The van der Waals surface area contributed by atoms with Gasteiger partial charge >= 0.3 is 5.97 Å². The molecule has 0 fully saturated rings. The van der Waals surface area contributed by atoms with Crippen LogP contribution in [-0.4, -0.2) is 39.9 Å². The predicted molar refractivity (Wildman–Crippen MR) is 91.8 cm³/mol. The molecule has 0 aliphatic carbocycles. The minimum absolute atomic E-state index is 0.0182. The summed E-state index contributed by atoms with van der Waals surface area (Å²) in [7, 11) is 1.26. The number of nitrogens with zero attached hydrogens (tertiary/aromatic N) is 3. The molecule has 1 amide bonds. The lowest BCUT2D eigenvalue weighted by molar-refractivity contribution is -0.140. The molecule has 7 nitrogen and oxygen atoms in total. The Kier molecular flexibility index (Phi) is 5.30. The Morgan fingerprint density at radius 1 is 1.15 bits per heavy atom. The summed E-state index contributed by atoms with van der Waals surface area (Å²) in [6, 6.07) is 6.46. The third-order valence-corrected chi connectivity index (χ3v) is 3.77. The molecule has 2 heterocycles. The van der Waals surface area contributed by atoms with E-state index >= 15 is 0 Å². The fraction of sp³-hybridized carbons (Fsp3) is 0.167. The number of amides is 1. The first kappa shape index (κ1) is 18.3. The minimum Gasteiger partial charge on any atom is -0.469 e. The van der Waals surface area contributed by atoms with Crippen molar-refractivity contribution < 1.29 is 23.1 Å². The highest BCUT2D eigenvalue weighted by molar-refractivity contribution is 5.97. The standard InChI is InChI=1S/C18H16F2N4O3/c1-27-16(25)4-5-21-17(26)15-11-22-24(18(15)23-6-2-3-7-23)14-9-12(19)8-13(20)10-14/h2-3,6-11H,4-5H2,1H3,(H,21,26). The summed E-state index contributed by atoms with van der Waals surface area (Å²) < 4.78 is 34.6. The third kappa shape index (κ3) is 4.02. The van der Waals surface area contributed by atoms with Crippen molar-refractivity contribution in [2.24, 2.45) is 0 Å². The molecule has 0 unspecified atom stereocenters. The molecule has 140 valence electrons. The van der Waals surface area contributed by atoms with Crippen LogP contribution in [0.2, 0.25) is 0 Å². The second-order valence-electron chi connectivity index (χ2n) is 5.59. The van der Waals surface area contributed by atoms with Gasteiger partial charge in [-0.05, 0) is 24.3 Å². The van der Waals surface area contributed by atoms with Crippen LogP contribution in [0.3, 0.4) is 0 Å². The highest BCUT2D eigenvalue weighted by atomic mass is 19.1. The molecule has 0 aliphatic heterocycles. The van der Waals surface area contributed by atoms with Gasteiger partial charge in [0.1, 0.15) is 17.2 Å². The number of nitrogens with one attached hydrogen (secondary N) is 1. The van der Waals surface area contributed by atoms with E-state index in [9.17, 15) is 18.4 Å². The van der Waals surface area contributed by atoms with Gasteiger partial charge in [-0.25, -0.2) is 13.5 Å². The molecule has 0 aliphatic rings. The third-order valence-electron chi connectivity index (χ3n) is 3.77. The summed E-state index contributed by atoms with van der Waals surface area (Å²) >= 11 is 0. The Bertz CT molecular complexity index is 947. The van der Waals surface area contributed by atoms with Crippen LogP contribution >= 0.6 is 0 Å². The van der Waals surface area contributed by atoms with E-state index in [1.54, 1.807) is 29.1 Å². The van der Waals surface area contributed by atoms with Gasteiger partial charge < -0.3 is 14.6 Å². The van der Waals surface area contributed by atoms with Gasteiger partial charge in [-0.2, -0.15) is 5.10 Å². The molecule has 1 aromatic carbocycles. The van der Waals surface area contributed by atoms with Crippen LogP contribution in [0.25, 0.3) is 11.5 Å². The van der Waals surface area contributed by atoms with Crippen molar-refractivity contribution in [1.82, 2.24) is 19.7 Å². The van der Waals surface area contributed by atoms with Gasteiger partial charge in [0.05, 0.1) is 25.4 Å². The van der Waals surface area contributed by atoms with Gasteiger partial charge in [0.25, 0.3) is 5.91 Å². The number of aromatic nitrogens is 3. The Morgan fingerprint density at radius 2 is 1.81 bits per heavy atom. The molecule has 0 bridgehead atoms. The van der Waals surface area contributed by atoms with Gasteiger partial charge in [-0.1, -0.05) is 0 Å². The Balaban J connectivity index is 1.97. The summed E-state index contributed by atoms with van der Waals surface area (Å²) in [5, 5.41) is 6.71. The molecule has 0 radical (unpaired) electrons. The fourth-order valence-corrected chi connectivity index (χ4v) is 2.55. The van der Waals surface area contributed by atoms with Gasteiger partial charge in [0, 0.05) is 25.0 Å². The zero-order valence-corrected chi connectivity index (χ0v) is 14.4. The molecule has 0 saturated carbocycles. The second-order valence-corrected chi connectivity index (χ2v) is 5.59. The number of esters is 1. The van der Waals surface area contributed by atoms with Crippen LogP contribution in [0.1, 0.15) is 16.8 Å². The van der Waals surface area contributed by atoms with Crippen molar-refractivity contribution in [2.45, 2.75) is 6.42 Å². The smallest absolute Gasteiger partial charge is 0.307 e. The number of halogens is 2. The molecule has 3 aromatic rings. The highest BCUT2D eigenvalue weighted by Crippen LogP contribution is 2.21. The largest absolute Gasteiger partial charge is 0.469 e. The van der Waals surface area contributed by atoms with Crippen LogP contribution in [0, 0.1) is 11.6 Å². The second kappa shape index (κ2) is 7.81. The summed E-state index contributed by atoms with van der Waals surface area (Å²) in [4.78, 5) is 23.7. The van der Waals surface area contributed by atoms with E-state index < -0.39 is 23.5 Å². The molecule has 0 saturated heterocycles. The first-order valence-corrected chi connectivity index (χ1v) is 8.02. The summed E-state index contributed by atoms with van der Waals surface area (Å²) in [5.41, 5.74) is 0.311. The number of carbonyl (C=O) groups is 2. The molecule has 0 atom stereocenters. The van der Waals surface area contributed by atoms with E-state index in [4.69, 9.17) is 0 Å². The molecule has 2 aromatic heterocycles.